The topological polar surface area (TPSA) is 49.8 Å². The largest absolute Gasteiger partial charge is 0.441 e. The summed E-state index contributed by atoms with van der Waals surface area (Å²) in [4.78, 5) is 11.6. The maximum Gasteiger partial charge on any atom is 0.231 e. The first-order chi connectivity index (χ1) is 7.91. The van der Waals surface area contributed by atoms with Gasteiger partial charge >= 0.3 is 0 Å². The third-order valence-corrected chi connectivity index (χ3v) is 2.98. The van der Waals surface area contributed by atoms with Crippen molar-refractivity contribution in [3.63, 3.8) is 0 Å². The van der Waals surface area contributed by atoms with Crippen molar-refractivity contribution in [1.82, 2.24) is 5.06 Å². The van der Waals surface area contributed by atoms with Crippen molar-refractivity contribution >= 4 is 18.2 Å². The molecule has 4 nitrogen and oxygen atoms in total. The quantitative estimate of drug-likeness (QED) is 0.734. The number of carbonyl (C=O) groups is 1. The van der Waals surface area contributed by atoms with E-state index in [4.69, 9.17) is 4.74 Å². The average molecular weight is 270 g/mol. The second-order valence-electron chi connectivity index (χ2n) is 4.30. The number of Topliss-reactive ketones (excluding diaryl/α,β-unsaturated/α-hetero) is 1. The number of nitrogens with zero attached hydrogens (tertiary/aromatic N) is 1. The molecule has 1 heterocycles. The lowest BCUT2D eigenvalue weighted by Crippen LogP contribution is -2.15. The monoisotopic (exact) mass is 269 g/mol. The van der Waals surface area contributed by atoms with Gasteiger partial charge in [0.25, 0.3) is 0 Å². The number of halogens is 1. The van der Waals surface area contributed by atoms with E-state index >= 15 is 0 Å². The fourth-order valence-corrected chi connectivity index (χ4v) is 1.82. The number of ether oxygens (including phenoxy) is 1. The van der Waals surface area contributed by atoms with E-state index in [9.17, 15) is 10.0 Å². The molecule has 0 saturated heterocycles. The van der Waals surface area contributed by atoms with Crippen LogP contribution in [0.3, 0.4) is 0 Å². The molecule has 0 atom stereocenters. The van der Waals surface area contributed by atoms with Crippen LogP contribution in [0.2, 0.25) is 0 Å². The Balaban J connectivity index is 0.00000162. The summed E-state index contributed by atoms with van der Waals surface area (Å²) in [6.07, 6.45) is 3.44. The van der Waals surface area contributed by atoms with E-state index in [2.05, 4.69) is 0 Å². The molecular formula is C13H16ClNO3. The lowest BCUT2D eigenvalue weighted by atomic mass is 9.96. The van der Waals surface area contributed by atoms with Gasteiger partial charge in [-0.2, -0.15) is 5.06 Å². The van der Waals surface area contributed by atoms with Crippen LogP contribution in [0.5, 0.6) is 0 Å². The molecule has 2 rings (SSSR count). The minimum Gasteiger partial charge on any atom is -0.441 e. The van der Waals surface area contributed by atoms with Gasteiger partial charge in [-0.15, -0.1) is 12.4 Å². The summed E-state index contributed by atoms with van der Waals surface area (Å²) in [5.41, 5.74) is 2.65. The number of carbonyl (C=O) groups excluding carboxylic acids is 1. The first-order valence-corrected chi connectivity index (χ1v) is 5.41. The van der Waals surface area contributed by atoms with Crippen molar-refractivity contribution in [1.29, 1.82) is 0 Å². The summed E-state index contributed by atoms with van der Waals surface area (Å²) in [7, 11) is 0. The minimum atomic E-state index is 0. The van der Waals surface area contributed by atoms with Gasteiger partial charge in [-0.3, -0.25) is 10.0 Å². The zero-order valence-electron chi connectivity index (χ0n) is 10.8. The number of rotatable bonds is 0. The fraction of sp³-hybridized carbons (Fsp3) is 0.308. The van der Waals surface area contributed by atoms with Gasteiger partial charge in [0.1, 0.15) is 5.76 Å². The molecule has 0 amide bonds. The Morgan fingerprint density at radius 1 is 1.11 bits per heavy atom. The van der Waals surface area contributed by atoms with Crippen LogP contribution in [-0.2, 0) is 9.53 Å². The fourth-order valence-electron chi connectivity index (χ4n) is 1.82. The van der Waals surface area contributed by atoms with Crippen LogP contribution in [0.15, 0.2) is 46.2 Å². The summed E-state index contributed by atoms with van der Waals surface area (Å²) >= 11 is 0. The molecule has 0 aromatic heterocycles. The molecule has 1 N–H and O–H groups in total. The highest BCUT2D eigenvalue weighted by molar-refractivity contribution is 6.09. The maximum atomic E-state index is 11.6. The smallest absolute Gasteiger partial charge is 0.231 e. The Kier molecular flexibility index (Phi) is 4.04. The normalized spacial score (nSPS) is 19.6. The average Bonchev–Trinajstić information content (AvgIpc) is 2.53. The second kappa shape index (κ2) is 5.00. The van der Waals surface area contributed by atoms with Gasteiger partial charge in [-0.05, 0) is 51.0 Å². The molecule has 0 aromatic carbocycles. The van der Waals surface area contributed by atoms with E-state index in [-0.39, 0.29) is 18.2 Å². The molecule has 2 aliphatic rings. The van der Waals surface area contributed by atoms with Crippen molar-refractivity contribution in [2.45, 2.75) is 27.7 Å². The summed E-state index contributed by atoms with van der Waals surface area (Å²) in [5.74, 6) is 1.04. The maximum absolute atomic E-state index is 11.6. The summed E-state index contributed by atoms with van der Waals surface area (Å²) < 4.78 is 5.49. The number of hydroxylamine groups is 2. The highest BCUT2D eigenvalue weighted by atomic mass is 35.5. The zero-order chi connectivity index (χ0) is 12.7. The van der Waals surface area contributed by atoms with Gasteiger partial charge in [-0.25, -0.2) is 0 Å². The Bertz CT molecular complexity index is 502. The molecule has 0 saturated carbocycles. The molecule has 18 heavy (non-hydrogen) atoms. The highest BCUT2D eigenvalue weighted by Gasteiger charge is 2.26. The van der Waals surface area contributed by atoms with Crippen LogP contribution in [0.4, 0.5) is 0 Å². The molecule has 0 fully saturated rings. The van der Waals surface area contributed by atoms with Crippen molar-refractivity contribution in [2.24, 2.45) is 0 Å². The third-order valence-electron chi connectivity index (χ3n) is 2.98. The van der Waals surface area contributed by atoms with Crippen molar-refractivity contribution < 1.29 is 14.7 Å². The summed E-state index contributed by atoms with van der Waals surface area (Å²) in [6.45, 7) is 7.06. The van der Waals surface area contributed by atoms with E-state index in [1.165, 1.54) is 0 Å². The van der Waals surface area contributed by atoms with Crippen LogP contribution in [0, 0.1) is 0 Å². The predicted octanol–water partition coefficient (Wildman–Crippen LogP) is 3.07. The van der Waals surface area contributed by atoms with E-state index in [1.807, 2.05) is 0 Å². The third kappa shape index (κ3) is 2.21. The molecule has 0 aromatic rings. The molecule has 0 radical (unpaired) electrons. The highest BCUT2D eigenvalue weighted by Crippen LogP contribution is 2.31. The van der Waals surface area contributed by atoms with Gasteiger partial charge in [0.15, 0.2) is 5.78 Å². The molecule has 1 aliphatic heterocycles. The van der Waals surface area contributed by atoms with Gasteiger partial charge < -0.3 is 4.74 Å². The van der Waals surface area contributed by atoms with Gasteiger partial charge in [-0.1, -0.05) is 0 Å². The number of hydrogen-bond donors (Lipinski definition) is 1. The van der Waals surface area contributed by atoms with Gasteiger partial charge in [0.05, 0.1) is 5.70 Å². The number of allylic oxidation sites excluding steroid dienone is 7. The Labute approximate surface area is 112 Å². The van der Waals surface area contributed by atoms with Crippen molar-refractivity contribution in [3.05, 3.63) is 46.2 Å². The summed E-state index contributed by atoms with van der Waals surface area (Å²) in [5, 5.41) is 10.9. The lowest BCUT2D eigenvalue weighted by molar-refractivity contribution is -0.112. The SMILES string of the molecule is CC1=CC(=C2OC(C)=C(C)N2O)C=C(C)C1=O.Cl. The van der Waals surface area contributed by atoms with Crippen LogP contribution in [0.1, 0.15) is 27.7 Å². The lowest BCUT2D eigenvalue weighted by Gasteiger charge is -2.16. The Morgan fingerprint density at radius 3 is 2.00 bits per heavy atom. The van der Waals surface area contributed by atoms with Gasteiger partial charge in [0, 0.05) is 5.57 Å². The standard InChI is InChI=1S/C13H15NO3.ClH/c1-7-5-11(6-8(2)12(7)15)13-14(16)9(3)10(4)17-13;/h5-6,16H,1-4H3;1H. The van der Waals surface area contributed by atoms with E-state index in [0.29, 0.717) is 34.1 Å². The van der Waals surface area contributed by atoms with Crippen LogP contribution >= 0.6 is 12.4 Å². The zero-order valence-corrected chi connectivity index (χ0v) is 11.6. The second-order valence-corrected chi connectivity index (χ2v) is 4.30. The molecule has 5 heteroatoms. The minimum absolute atomic E-state index is 0. The molecule has 0 bridgehead atoms. The molecule has 0 unspecified atom stereocenters. The van der Waals surface area contributed by atoms with Crippen LogP contribution in [-0.4, -0.2) is 16.1 Å². The van der Waals surface area contributed by atoms with Crippen LogP contribution in [0.25, 0.3) is 0 Å². The first-order valence-electron chi connectivity index (χ1n) is 5.41. The molecule has 0 spiro atoms. The molecular weight excluding hydrogens is 254 g/mol. The van der Waals surface area contributed by atoms with Crippen molar-refractivity contribution in [3.8, 4) is 0 Å². The molecule has 1 aliphatic carbocycles. The Morgan fingerprint density at radius 2 is 1.61 bits per heavy atom. The van der Waals surface area contributed by atoms with E-state index in [1.54, 1.807) is 39.8 Å². The number of ketones is 1. The predicted molar refractivity (Wildman–Crippen MR) is 69.9 cm³/mol. The van der Waals surface area contributed by atoms with E-state index < -0.39 is 0 Å². The van der Waals surface area contributed by atoms with Crippen molar-refractivity contribution in [2.75, 3.05) is 0 Å². The molecule has 98 valence electrons. The summed E-state index contributed by atoms with van der Waals surface area (Å²) in [6, 6.07) is 0. The van der Waals surface area contributed by atoms with Crippen LogP contribution < -0.4 is 0 Å². The van der Waals surface area contributed by atoms with E-state index in [0.717, 1.165) is 5.06 Å². The van der Waals surface area contributed by atoms with Gasteiger partial charge in [0.2, 0.25) is 5.88 Å². The number of hydrogen-bond acceptors (Lipinski definition) is 4. The first kappa shape index (κ1) is 14.5. The Hall–Kier alpha value is -1.52.